The molecule has 0 fully saturated rings. The third kappa shape index (κ3) is 3.94. The summed E-state index contributed by atoms with van der Waals surface area (Å²) in [6, 6.07) is 19.9. The van der Waals surface area contributed by atoms with E-state index < -0.39 is 0 Å². The van der Waals surface area contributed by atoms with Gasteiger partial charge in [0, 0.05) is 28.9 Å². The highest BCUT2D eigenvalue weighted by molar-refractivity contribution is 6.08. The zero-order valence-electron chi connectivity index (χ0n) is 18.2. The van der Waals surface area contributed by atoms with Crippen LogP contribution < -0.4 is 0 Å². The molecular weight excluding hydrogens is 352 g/mol. The lowest BCUT2D eigenvalue weighted by Gasteiger charge is -2.28. The van der Waals surface area contributed by atoms with Gasteiger partial charge in [0.1, 0.15) is 0 Å². The molecule has 4 aromatic rings. The summed E-state index contributed by atoms with van der Waals surface area (Å²) in [6.07, 6.45) is 8.99. The molecule has 2 heteroatoms. The number of nitrogens with zero attached hydrogens (tertiary/aromatic N) is 2. The first-order valence-electron chi connectivity index (χ1n) is 10.9. The SMILES string of the molecule is CCCCC(C)(C)CC(C)c1ccc(-n2c3ccccc3c3cnccc32)cc1. The summed E-state index contributed by atoms with van der Waals surface area (Å²) in [5.74, 6) is 0.568. The molecule has 0 aliphatic carbocycles. The Balaban J connectivity index is 1.66. The van der Waals surface area contributed by atoms with E-state index >= 15 is 0 Å². The van der Waals surface area contributed by atoms with Gasteiger partial charge in [-0.25, -0.2) is 0 Å². The van der Waals surface area contributed by atoms with E-state index in [1.807, 2.05) is 12.4 Å². The minimum absolute atomic E-state index is 0.397. The lowest BCUT2D eigenvalue weighted by atomic mass is 9.77. The topological polar surface area (TPSA) is 17.8 Å². The molecule has 29 heavy (non-hydrogen) atoms. The molecule has 0 aliphatic heterocycles. The lowest BCUT2D eigenvalue weighted by molar-refractivity contribution is 0.278. The van der Waals surface area contributed by atoms with Crippen molar-refractivity contribution < 1.29 is 0 Å². The van der Waals surface area contributed by atoms with E-state index in [0.29, 0.717) is 11.3 Å². The Morgan fingerprint density at radius 2 is 1.66 bits per heavy atom. The van der Waals surface area contributed by atoms with Crippen molar-refractivity contribution in [2.24, 2.45) is 5.41 Å². The molecule has 1 atom stereocenters. The Morgan fingerprint density at radius 3 is 2.41 bits per heavy atom. The van der Waals surface area contributed by atoms with E-state index in [9.17, 15) is 0 Å². The predicted molar refractivity (Wildman–Crippen MR) is 125 cm³/mol. The standard InChI is InChI=1S/C27H32N2/c1-5-6-16-27(3,4)18-20(2)21-11-13-22(14-12-21)29-25-10-8-7-9-23(25)24-19-28-17-15-26(24)29/h7-15,17,19-20H,5-6,16,18H2,1-4H3. The van der Waals surface area contributed by atoms with Gasteiger partial charge in [-0.1, -0.05) is 70.9 Å². The molecule has 2 aromatic heterocycles. The van der Waals surface area contributed by atoms with E-state index in [1.165, 1.54) is 58.7 Å². The number of hydrogen-bond acceptors (Lipinski definition) is 1. The van der Waals surface area contributed by atoms with Crippen molar-refractivity contribution in [3.05, 3.63) is 72.6 Å². The van der Waals surface area contributed by atoms with Crippen LogP contribution >= 0.6 is 0 Å². The summed E-state index contributed by atoms with van der Waals surface area (Å²) in [4.78, 5) is 4.35. The van der Waals surface area contributed by atoms with Crippen LogP contribution in [0.15, 0.2) is 67.0 Å². The van der Waals surface area contributed by atoms with Crippen molar-refractivity contribution in [3.8, 4) is 5.69 Å². The van der Waals surface area contributed by atoms with Crippen LogP contribution in [0.4, 0.5) is 0 Å². The van der Waals surface area contributed by atoms with Crippen LogP contribution in [0.2, 0.25) is 0 Å². The Labute approximate surface area is 174 Å². The summed E-state index contributed by atoms with van der Waals surface area (Å²) < 4.78 is 2.35. The average molecular weight is 385 g/mol. The number of rotatable bonds is 7. The summed E-state index contributed by atoms with van der Waals surface area (Å²) in [7, 11) is 0. The molecule has 2 aromatic carbocycles. The third-order valence-electron chi connectivity index (χ3n) is 6.26. The maximum Gasteiger partial charge on any atom is 0.0571 e. The first-order valence-corrected chi connectivity index (χ1v) is 10.9. The Bertz CT molecular complexity index is 1050. The molecule has 0 spiro atoms. The molecule has 0 saturated heterocycles. The maximum atomic E-state index is 4.35. The second kappa shape index (κ2) is 8.02. The Morgan fingerprint density at radius 1 is 0.931 bits per heavy atom. The van der Waals surface area contributed by atoms with Gasteiger partial charge >= 0.3 is 0 Å². The number of aromatic nitrogens is 2. The van der Waals surface area contributed by atoms with Gasteiger partial charge in [0.2, 0.25) is 0 Å². The molecule has 2 nitrogen and oxygen atoms in total. The highest BCUT2D eigenvalue weighted by Gasteiger charge is 2.21. The fraction of sp³-hybridized carbons (Fsp3) is 0.370. The van der Waals surface area contributed by atoms with Crippen LogP contribution in [0, 0.1) is 5.41 Å². The minimum Gasteiger partial charge on any atom is -0.309 e. The minimum atomic E-state index is 0.397. The third-order valence-corrected chi connectivity index (χ3v) is 6.26. The first-order chi connectivity index (χ1) is 14.0. The molecule has 0 N–H and O–H groups in total. The molecule has 0 aliphatic rings. The fourth-order valence-corrected chi connectivity index (χ4v) is 4.75. The van der Waals surface area contributed by atoms with Crippen molar-refractivity contribution in [1.82, 2.24) is 9.55 Å². The van der Waals surface area contributed by atoms with E-state index in [1.54, 1.807) is 0 Å². The van der Waals surface area contributed by atoms with Crippen LogP contribution in [0.3, 0.4) is 0 Å². The van der Waals surface area contributed by atoms with Gasteiger partial charge in [-0.05, 0) is 54.0 Å². The van der Waals surface area contributed by atoms with Gasteiger partial charge in [-0.3, -0.25) is 4.98 Å². The van der Waals surface area contributed by atoms with Crippen LogP contribution in [0.1, 0.15) is 64.9 Å². The van der Waals surface area contributed by atoms with E-state index in [4.69, 9.17) is 0 Å². The molecule has 0 radical (unpaired) electrons. The highest BCUT2D eigenvalue weighted by Crippen LogP contribution is 2.36. The normalized spacial score (nSPS) is 13.2. The number of benzene rings is 2. The van der Waals surface area contributed by atoms with Crippen molar-refractivity contribution in [2.75, 3.05) is 0 Å². The monoisotopic (exact) mass is 384 g/mol. The summed E-state index contributed by atoms with van der Waals surface area (Å²) >= 11 is 0. The van der Waals surface area contributed by atoms with Gasteiger partial charge in [-0.2, -0.15) is 0 Å². The molecule has 0 saturated carbocycles. The smallest absolute Gasteiger partial charge is 0.0571 e. The molecule has 0 bridgehead atoms. The second-order valence-corrected chi connectivity index (χ2v) is 9.21. The predicted octanol–water partition coefficient (Wildman–Crippen LogP) is 7.89. The molecule has 0 amide bonds. The molecule has 2 heterocycles. The molecule has 4 rings (SSSR count). The maximum absolute atomic E-state index is 4.35. The highest BCUT2D eigenvalue weighted by atomic mass is 15.0. The lowest BCUT2D eigenvalue weighted by Crippen LogP contribution is -2.14. The van der Waals surface area contributed by atoms with E-state index in [-0.39, 0.29) is 0 Å². The van der Waals surface area contributed by atoms with Crippen LogP contribution in [-0.2, 0) is 0 Å². The summed E-state index contributed by atoms with van der Waals surface area (Å²) in [5, 5.41) is 2.46. The van der Waals surface area contributed by atoms with Gasteiger partial charge in [0.15, 0.2) is 0 Å². The molecule has 1 unspecified atom stereocenters. The Kier molecular flexibility index (Phi) is 5.45. The first kappa shape index (κ1) is 19.7. The second-order valence-electron chi connectivity index (χ2n) is 9.21. The number of pyridine rings is 1. The van der Waals surface area contributed by atoms with Crippen molar-refractivity contribution in [3.63, 3.8) is 0 Å². The van der Waals surface area contributed by atoms with Crippen molar-refractivity contribution >= 4 is 21.8 Å². The molecule has 150 valence electrons. The summed E-state index contributed by atoms with van der Waals surface area (Å²) in [5.41, 5.74) is 5.48. The van der Waals surface area contributed by atoms with Crippen molar-refractivity contribution in [1.29, 1.82) is 0 Å². The zero-order chi connectivity index (χ0) is 20.4. The Hall–Kier alpha value is -2.61. The quantitative estimate of drug-likeness (QED) is 0.317. The van der Waals surface area contributed by atoms with Crippen LogP contribution in [0.25, 0.3) is 27.5 Å². The van der Waals surface area contributed by atoms with Gasteiger partial charge in [0.25, 0.3) is 0 Å². The van der Waals surface area contributed by atoms with E-state index in [2.05, 4.69) is 91.8 Å². The van der Waals surface area contributed by atoms with Crippen LogP contribution in [0.5, 0.6) is 0 Å². The van der Waals surface area contributed by atoms with E-state index in [0.717, 1.165) is 0 Å². The van der Waals surface area contributed by atoms with Gasteiger partial charge in [0.05, 0.1) is 11.0 Å². The number of hydrogen-bond donors (Lipinski definition) is 0. The number of unbranched alkanes of at least 4 members (excludes halogenated alkanes) is 1. The van der Waals surface area contributed by atoms with Gasteiger partial charge < -0.3 is 4.57 Å². The largest absolute Gasteiger partial charge is 0.309 e. The van der Waals surface area contributed by atoms with Crippen molar-refractivity contribution in [2.45, 2.75) is 59.3 Å². The average Bonchev–Trinajstić information content (AvgIpc) is 3.07. The van der Waals surface area contributed by atoms with Crippen LogP contribution in [-0.4, -0.2) is 9.55 Å². The number of fused-ring (bicyclic) bond motifs is 3. The zero-order valence-corrected chi connectivity index (χ0v) is 18.2. The van der Waals surface area contributed by atoms with Gasteiger partial charge in [-0.15, -0.1) is 0 Å². The fourth-order valence-electron chi connectivity index (χ4n) is 4.75. The number of para-hydroxylation sites is 1. The summed E-state index contributed by atoms with van der Waals surface area (Å²) in [6.45, 7) is 9.48. The molecular formula is C27H32N2.